The predicted octanol–water partition coefficient (Wildman–Crippen LogP) is 4.28. The number of carbonyl (C=O) groups excluding carboxylic acids is 1. The molecule has 0 saturated heterocycles. The van der Waals surface area contributed by atoms with Crippen LogP contribution in [0.3, 0.4) is 0 Å². The molecule has 0 spiro atoms. The highest BCUT2D eigenvalue weighted by Gasteiger charge is 2.20. The maximum Gasteiger partial charge on any atom is 0.255 e. The van der Waals surface area contributed by atoms with Crippen molar-refractivity contribution in [1.82, 2.24) is 0 Å². The molecule has 1 amide bonds. The Labute approximate surface area is 158 Å². The molecule has 0 aliphatic heterocycles. The zero-order valence-corrected chi connectivity index (χ0v) is 16.2. The summed E-state index contributed by atoms with van der Waals surface area (Å²) in [5, 5.41) is 4.04. The summed E-state index contributed by atoms with van der Waals surface area (Å²) in [7, 11) is -1.85. The maximum absolute atomic E-state index is 12.7. The molecule has 3 rings (SSSR count). The van der Waals surface area contributed by atoms with E-state index in [1.165, 1.54) is 12.1 Å². The van der Waals surface area contributed by atoms with Gasteiger partial charge in [-0.2, -0.15) is 0 Å². The lowest BCUT2D eigenvalue weighted by atomic mass is 10.1. The first-order chi connectivity index (χ1) is 12.8. The van der Waals surface area contributed by atoms with Crippen LogP contribution in [0.15, 0.2) is 65.6 Å². The second-order valence-electron chi connectivity index (χ2n) is 6.44. The first-order valence-electron chi connectivity index (χ1n) is 8.55. The molecule has 0 aliphatic carbocycles. The number of anilines is 1. The molecule has 0 saturated carbocycles. The highest BCUT2D eigenvalue weighted by atomic mass is 32.2. The fraction of sp³-hybridized carbons (Fsp3) is 0.190. The number of hydrogen-bond acceptors (Lipinski definition) is 4. The second kappa shape index (κ2) is 7.40. The van der Waals surface area contributed by atoms with E-state index in [2.05, 4.69) is 5.32 Å². The predicted molar refractivity (Wildman–Crippen MR) is 107 cm³/mol. The van der Waals surface area contributed by atoms with Crippen molar-refractivity contribution in [3.8, 4) is 5.75 Å². The first-order valence-corrected chi connectivity index (χ1v) is 10.1. The number of carbonyl (C=O) groups is 1. The highest BCUT2D eigenvalue weighted by Crippen LogP contribution is 2.31. The zero-order valence-electron chi connectivity index (χ0n) is 15.4. The van der Waals surface area contributed by atoms with E-state index >= 15 is 0 Å². The van der Waals surface area contributed by atoms with Gasteiger partial charge in [-0.1, -0.05) is 30.3 Å². The molecule has 140 valence electrons. The molecule has 0 bridgehead atoms. The van der Waals surface area contributed by atoms with Gasteiger partial charge in [-0.05, 0) is 44.2 Å². The number of rotatable bonds is 5. The van der Waals surface area contributed by atoms with Crippen LogP contribution < -0.4 is 10.1 Å². The van der Waals surface area contributed by atoms with Gasteiger partial charge < -0.3 is 10.1 Å². The summed E-state index contributed by atoms with van der Waals surface area (Å²) in [6, 6.07) is 17.3. The van der Waals surface area contributed by atoms with E-state index in [1.807, 2.05) is 24.3 Å². The number of hydrogen-bond donors (Lipinski definition) is 1. The topological polar surface area (TPSA) is 72.5 Å². The molecule has 0 heterocycles. The van der Waals surface area contributed by atoms with E-state index in [0.717, 1.165) is 10.8 Å². The van der Waals surface area contributed by atoms with Crippen molar-refractivity contribution < 1.29 is 17.9 Å². The number of ether oxygens (including phenoxy) is 1. The Morgan fingerprint density at radius 1 is 0.963 bits per heavy atom. The van der Waals surface area contributed by atoms with Crippen LogP contribution in [0.2, 0.25) is 0 Å². The van der Waals surface area contributed by atoms with Gasteiger partial charge in [0.25, 0.3) is 5.91 Å². The van der Waals surface area contributed by atoms with Gasteiger partial charge in [-0.25, -0.2) is 8.42 Å². The average molecular weight is 383 g/mol. The molecular formula is C21H21NO4S. The minimum atomic E-state index is -3.45. The first kappa shape index (κ1) is 18.9. The van der Waals surface area contributed by atoms with Crippen LogP contribution in [0.4, 0.5) is 5.69 Å². The Kier molecular flexibility index (Phi) is 5.19. The number of methoxy groups -OCH3 is 1. The van der Waals surface area contributed by atoms with Crippen molar-refractivity contribution in [1.29, 1.82) is 0 Å². The molecule has 0 aliphatic rings. The average Bonchev–Trinajstić information content (AvgIpc) is 2.68. The van der Waals surface area contributed by atoms with Gasteiger partial charge >= 0.3 is 0 Å². The summed E-state index contributed by atoms with van der Waals surface area (Å²) in [5.41, 5.74) is 0.921. The highest BCUT2D eigenvalue weighted by molar-refractivity contribution is 7.92. The molecule has 3 aromatic rings. The van der Waals surface area contributed by atoms with Crippen molar-refractivity contribution in [3.05, 3.63) is 66.2 Å². The van der Waals surface area contributed by atoms with E-state index in [-0.39, 0.29) is 16.4 Å². The summed E-state index contributed by atoms with van der Waals surface area (Å²) in [6.45, 7) is 3.23. The van der Waals surface area contributed by atoms with Crippen molar-refractivity contribution in [3.63, 3.8) is 0 Å². The monoisotopic (exact) mass is 383 g/mol. The van der Waals surface area contributed by atoms with E-state index in [0.29, 0.717) is 11.4 Å². The van der Waals surface area contributed by atoms with Crippen LogP contribution in [0.1, 0.15) is 24.2 Å². The Bertz CT molecular complexity index is 1100. The molecule has 5 nitrogen and oxygen atoms in total. The Morgan fingerprint density at radius 3 is 2.33 bits per heavy atom. The fourth-order valence-electron chi connectivity index (χ4n) is 2.84. The third-order valence-corrected chi connectivity index (χ3v) is 6.55. The molecular weight excluding hydrogens is 362 g/mol. The van der Waals surface area contributed by atoms with Crippen LogP contribution in [0, 0.1) is 0 Å². The largest absolute Gasteiger partial charge is 0.496 e. The van der Waals surface area contributed by atoms with Crippen LogP contribution in [0.5, 0.6) is 5.75 Å². The lowest BCUT2D eigenvalue weighted by molar-refractivity contribution is 0.102. The van der Waals surface area contributed by atoms with Gasteiger partial charge in [0, 0.05) is 22.0 Å². The van der Waals surface area contributed by atoms with Gasteiger partial charge in [0.15, 0.2) is 9.84 Å². The van der Waals surface area contributed by atoms with Crippen LogP contribution >= 0.6 is 0 Å². The zero-order chi connectivity index (χ0) is 19.6. The van der Waals surface area contributed by atoms with Crippen LogP contribution in [0.25, 0.3) is 10.8 Å². The summed E-state index contributed by atoms with van der Waals surface area (Å²) in [5.74, 6) is 0.347. The molecule has 0 aromatic heterocycles. The van der Waals surface area contributed by atoms with E-state index < -0.39 is 15.1 Å². The second-order valence-corrected chi connectivity index (χ2v) is 8.94. The molecule has 27 heavy (non-hydrogen) atoms. The number of fused-ring (bicyclic) bond motifs is 1. The summed E-state index contributed by atoms with van der Waals surface area (Å²) in [4.78, 5) is 12.9. The minimum absolute atomic E-state index is 0.143. The lowest BCUT2D eigenvalue weighted by Gasteiger charge is -2.13. The van der Waals surface area contributed by atoms with Crippen molar-refractivity contribution in [2.75, 3.05) is 12.4 Å². The number of nitrogens with one attached hydrogen (secondary N) is 1. The van der Waals surface area contributed by atoms with E-state index in [9.17, 15) is 13.2 Å². The normalized spacial score (nSPS) is 11.6. The molecule has 0 radical (unpaired) electrons. The SMILES string of the molecule is COc1ccc(NC(=O)c2cccc(S(=O)(=O)C(C)C)c2)c2ccccc12. The quantitative estimate of drug-likeness (QED) is 0.714. The molecule has 1 N–H and O–H groups in total. The number of amides is 1. The molecule has 3 aromatic carbocycles. The van der Waals surface area contributed by atoms with Gasteiger partial charge in [0.2, 0.25) is 0 Å². The Balaban J connectivity index is 1.97. The van der Waals surface area contributed by atoms with Gasteiger partial charge in [0.1, 0.15) is 5.75 Å². The number of sulfone groups is 1. The Morgan fingerprint density at radius 2 is 1.67 bits per heavy atom. The van der Waals surface area contributed by atoms with Gasteiger partial charge in [-0.15, -0.1) is 0 Å². The van der Waals surface area contributed by atoms with Crippen LogP contribution in [-0.4, -0.2) is 26.7 Å². The van der Waals surface area contributed by atoms with Crippen molar-refractivity contribution in [2.45, 2.75) is 24.0 Å². The molecule has 0 fully saturated rings. The summed E-state index contributed by atoms with van der Waals surface area (Å²) in [6.07, 6.45) is 0. The smallest absolute Gasteiger partial charge is 0.255 e. The Hall–Kier alpha value is -2.86. The maximum atomic E-state index is 12.7. The van der Waals surface area contributed by atoms with E-state index in [1.54, 1.807) is 45.2 Å². The molecule has 0 unspecified atom stereocenters. The fourth-order valence-corrected chi connectivity index (χ4v) is 3.94. The van der Waals surface area contributed by atoms with Crippen molar-refractivity contribution in [2.24, 2.45) is 0 Å². The number of benzene rings is 3. The van der Waals surface area contributed by atoms with E-state index in [4.69, 9.17) is 4.74 Å². The third-order valence-electron chi connectivity index (χ3n) is 4.40. The summed E-state index contributed by atoms with van der Waals surface area (Å²) >= 11 is 0. The van der Waals surface area contributed by atoms with Gasteiger partial charge in [-0.3, -0.25) is 4.79 Å². The third kappa shape index (κ3) is 3.66. The van der Waals surface area contributed by atoms with Gasteiger partial charge in [0.05, 0.1) is 17.3 Å². The van der Waals surface area contributed by atoms with Crippen LogP contribution in [-0.2, 0) is 9.84 Å². The molecule has 6 heteroatoms. The summed E-state index contributed by atoms with van der Waals surface area (Å²) < 4.78 is 30.1. The lowest BCUT2D eigenvalue weighted by Crippen LogP contribution is -2.16. The minimum Gasteiger partial charge on any atom is -0.496 e. The standard InChI is InChI=1S/C21H21NO4S/c1-14(2)27(24,25)16-8-6-7-15(13-16)21(23)22-19-11-12-20(26-3)18-10-5-4-9-17(18)19/h4-14H,1-3H3,(H,22,23). The van der Waals surface area contributed by atoms with Crippen molar-refractivity contribution >= 4 is 32.2 Å². The molecule has 0 atom stereocenters.